The Morgan fingerprint density at radius 3 is 2.79 bits per heavy atom. The van der Waals surface area contributed by atoms with E-state index in [1.54, 1.807) is 24.3 Å². The highest BCUT2D eigenvalue weighted by molar-refractivity contribution is 5.77. The zero-order chi connectivity index (χ0) is 14.3. The Kier molecular flexibility index (Phi) is 5.34. The van der Waals surface area contributed by atoms with Crippen molar-refractivity contribution < 1.29 is 14.6 Å². The van der Waals surface area contributed by atoms with E-state index in [0.717, 1.165) is 0 Å². The number of nitriles is 1. The lowest BCUT2D eigenvalue weighted by Crippen LogP contribution is -2.38. The third-order valence-corrected chi connectivity index (χ3v) is 2.56. The molecular formula is C14H18N2O3. The Morgan fingerprint density at radius 1 is 1.47 bits per heavy atom. The molecule has 0 aliphatic carbocycles. The number of carbonyl (C=O) groups is 1. The number of aliphatic hydroxyl groups excluding tert-OH is 1. The maximum Gasteiger partial charge on any atom is 0.257 e. The number of ether oxygens (including phenoxy) is 1. The first-order valence-electron chi connectivity index (χ1n) is 5.98. The van der Waals surface area contributed by atoms with E-state index in [9.17, 15) is 4.79 Å². The lowest BCUT2D eigenvalue weighted by molar-refractivity contribution is -0.123. The number of amides is 1. The number of aliphatic hydroxyl groups is 1. The summed E-state index contributed by atoms with van der Waals surface area (Å²) in [6.07, 6.45) is 0. The molecule has 0 aliphatic heterocycles. The average molecular weight is 262 g/mol. The molecule has 0 spiro atoms. The van der Waals surface area contributed by atoms with Gasteiger partial charge in [-0.3, -0.25) is 4.79 Å². The lowest BCUT2D eigenvalue weighted by Gasteiger charge is -2.21. The minimum atomic E-state index is -0.361. The van der Waals surface area contributed by atoms with Crippen molar-refractivity contribution >= 4 is 5.91 Å². The summed E-state index contributed by atoms with van der Waals surface area (Å²) in [5.74, 6) is 0.107. The van der Waals surface area contributed by atoms with Crippen LogP contribution in [0.4, 0.5) is 0 Å². The third-order valence-electron chi connectivity index (χ3n) is 2.56. The van der Waals surface area contributed by atoms with Crippen LogP contribution in [-0.4, -0.2) is 30.8 Å². The van der Waals surface area contributed by atoms with Gasteiger partial charge in [0.25, 0.3) is 5.91 Å². The van der Waals surface area contributed by atoms with Gasteiger partial charge in [-0.05, 0) is 12.1 Å². The molecule has 0 atom stereocenters. The summed E-state index contributed by atoms with van der Waals surface area (Å²) in [6.45, 7) is 3.90. The number of nitrogens with zero attached hydrogens (tertiary/aromatic N) is 1. The highest BCUT2D eigenvalue weighted by atomic mass is 16.5. The van der Waals surface area contributed by atoms with Crippen LogP contribution in [0, 0.1) is 16.7 Å². The highest BCUT2D eigenvalue weighted by Gasteiger charge is 2.17. The highest BCUT2D eigenvalue weighted by Crippen LogP contribution is 2.16. The number of para-hydroxylation sites is 1. The normalized spacial score (nSPS) is 10.6. The van der Waals surface area contributed by atoms with Gasteiger partial charge in [-0.25, -0.2) is 0 Å². The number of hydrogen-bond donors (Lipinski definition) is 2. The zero-order valence-corrected chi connectivity index (χ0v) is 11.1. The number of benzene rings is 1. The zero-order valence-electron chi connectivity index (χ0n) is 11.1. The molecule has 0 saturated heterocycles. The van der Waals surface area contributed by atoms with E-state index < -0.39 is 0 Å². The fourth-order valence-electron chi connectivity index (χ4n) is 1.27. The Balaban J connectivity index is 2.45. The predicted octanol–water partition coefficient (Wildman–Crippen LogP) is 1.07. The molecule has 19 heavy (non-hydrogen) atoms. The molecule has 0 bridgehead atoms. The smallest absolute Gasteiger partial charge is 0.257 e. The molecule has 2 N–H and O–H groups in total. The van der Waals surface area contributed by atoms with Crippen molar-refractivity contribution in [3.8, 4) is 11.8 Å². The molecule has 1 aromatic carbocycles. The van der Waals surface area contributed by atoms with Gasteiger partial charge in [0.2, 0.25) is 0 Å². The summed E-state index contributed by atoms with van der Waals surface area (Å²) < 4.78 is 5.29. The van der Waals surface area contributed by atoms with Crippen LogP contribution in [0.2, 0.25) is 0 Å². The predicted molar refractivity (Wildman–Crippen MR) is 70.5 cm³/mol. The van der Waals surface area contributed by atoms with Gasteiger partial charge in [-0.1, -0.05) is 26.0 Å². The van der Waals surface area contributed by atoms with E-state index in [1.807, 2.05) is 19.9 Å². The van der Waals surface area contributed by atoms with Crippen LogP contribution in [0.25, 0.3) is 0 Å². The second-order valence-corrected chi connectivity index (χ2v) is 5.00. The standard InChI is InChI=1S/C14H18N2O3/c1-14(2,10-17)9-16-13(18)8-19-12-6-4-3-5-11(12)7-15/h3-6,17H,8-10H2,1-2H3,(H,16,18). The molecule has 0 saturated carbocycles. The third kappa shape index (κ3) is 4.98. The molecule has 102 valence electrons. The van der Waals surface area contributed by atoms with Crippen LogP contribution in [0.15, 0.2) is 24.3 Å². The molecule has 1 rings (SSSR count). The molecule has 0 heterocycles. The van der Waals surface area contributed by atoms with Crippen LogP contribution in [0.5, 0.6) is 5.75 Å². The minimum absolute atomic E-state index is 0.00853. The molecule has 1 aromatic rings. The SMILES string of the molecule is CC(C)(CO)CNC(=O)COc1ccccc1C#N. The van der Waals surface area contributed by atoms with Crippen molar-refractivity contribution in [1.82, 2.24) is 5.32 Å². The number of rotatable bonds is 6. The van der Waals surface area contributed by atoms with Gasteiger partial charge in [-0.15, -0.1) is 0 Å². The van der Waals surface area contributed by atoms with Crippen LogP contribution in [0.1, 0.15) is 19.4 Å². The lowest BCUT2D eigenvalue weighted by atomic mass is 9.95. The summed E-state index contributed by atoms with van der Waals surface area (Å²) in [6, 6.07) is 8.73. The fraction of sp³-hybridized carbons (Fsp3) is 0.429. The van der Waals surface area contributed by atoms with E-state index in [-0.39, 0.29) is 24.5 Å². The number of nitrogens with one attached hydrogen (secondary N) is 1. The molecular weight excluding hydrogens is 244 g/mol. The molecule has 0 radical (unpaired) electrons. The summed E-state index contributed by atoms with van der Waals surface area (Å²) in [5, 5.41) is 20.6. The topological polar surface area (TPSA) is 82.3 Å². The van der Waals surface area contributed by atoms with Gasteiger partial charge >= 0.3 is 0 Å². The fourth-order valence-corrected chi connectivity index (χ4v) is 1.27. The second-order valence-electron chi connectivity index (χ2n) is 5.00. The second kappa shape index (κ2) is 6.76. The van der Waals surface area contributed by atoms with Gasteiger partial charge in [0.05, 0.1) is 5.56 Å². The van der Waals surface area contributed by atoms with E-state index in [0.29, 0.717) is 17.9 Å². The quantitative estimate of drug-likeness (QED) is 0.803. The monoisotopic (exact) mass is 262 g/mol. The molecule has 5 nitrogen and oxygen atoms in total. The maximum atomic E-state index is 11.6. The Morgan fingerprint density at radius 2 is 2.16 bits per heavy atom. The Bertz CT molecular complexity index is 478. The van der Waals surface area contributed by atoms with E-state index in [1.165, 1.54) is 0 Å². The first-order chi connectivity index (χ1) is 8.98. The molecule has 0 fully saturated rings. The maximum absolute atomic E-state index is 11.6. The van der Waals surface area contributed by atoms with Crippen molar-refractivity contribution in [1.29, 1.82) is 5.26 Å². The van der Waals surface area contributed by atoms with Crippen molar-refractivity contribution in [2.45, 2.75) is 13.8 Å². The van der Waals surface area contributed by atoms with E-state index in [4.69, 9.17) is 15.1 Å². The molecule has 1 amide bonds. The summed E-state index contributed by atoms with van der Waals surface area (Å²) >= 11 is 0. The van der Waals surface area contributed by atoms with Gasteiger partial charge in [0.1, 0.15) is 11.8 Å². The molecule has 0 aromatic heterocycles. The molecule has 5 heteroatoms. The van der Waals surface area contributed by atoms with Crippen LogP contribution >= 0.6 is 0 Å². The van der Waals surface area contributed by atoms with Crippen molar-refractivity contribution in [3.63, 3.8) is 0 Å². The molecule has 0 aliphatic rings. The van der Waals surface area contributed by atoms with E-state index in [2.05, 4.69) is 5.32 Å². The van der Waals surface area contributed by atoms with Crippen LogP contribution in [0.3, 0.4) is 0 Å². The van der Waals surface area contributed by atoms with Crippen LogP contribution in [-0.2, 0) is 4.79 Å². The van der Waals surface area contributed by atoms with Crippen molar-refractivity contribution in [2.24, 2.45) is 5.41 Å². The Hall–Kier alpha value is -2.06. The summed E-state index contributed by atoms with van der Waals surface area (Å²) in [4.78, 5) is 11.6. The number of hydrogen-bond acceptors (Lipinski definition) is 4. The van der Waals surface area contributed by atoms with Crippen molar-refractivity contribution in [3.05, 3.63) is 29.8 Å². The van der Waals surface area contributed by atoms with Crippen LogP contribution < -0.4 is 10.1 Å². The first kappa shape index (κ1) is 15.0. The van der Waals surface area contributed by atoms with Gasteiger partial charge < -0.3 is 15.2 Å². The minimum Gasteiger partial charge on any atom is -0.482 e. The Labute approximate surface area is 112 Å². The number of carbonyl (C=O) groups excluding carboxylic acids is 1. The van der Waals surface area contributed by atoms with Gasteiger partial charge in [0.15, 0.2) is 6.61 Å². The van der Waals surface area contributed by atoms with Gasteiger partial charge in [0, 0.05) is 18.6 Å². The average Bonchev–Trinajstić information content (AvgIpc) is 2.43. The van der Waals surface area contributed by atoms with E-state index >= 15 is 0 Å². The summed E-state index contributed by atoms with van der Waals surface area (Å²) in [5.41, 5.74) is 0.0335. The molecule has 0 unspecified atom stereocenters. The first-order valence-corrected chi connectivity index (χ1v) is 5.98. The summed E-state index contributed by atoms with van der Waals surface area (Å²) in [7, 11) is 0. The van der Waals surface area contributed by atoms with Crippen molar-refractivity contribution in [2.75, 3.05) is 19.8 Å². The largest absolute Gasteiger partial charge is 0.482 e. The van der Waals surface area contributed by atoms with Gasteiger partial charge in [-0.2, -0.15) is 5.26 Å².